The van der Waals surface area contributed by atoms with Crippen LogP contribution in [-0.2, 0) is 13.0 Å². The number of hydrogen-bond donors (Lipinski definition) is 1. The number of nitro groups is 1. The first kappa shape index (κ1) is 14.2. The molecule has 1 aromatic heterocycles. The predicted octanol–water partition coefficient (Wildman–Crippen LogP) is 2.04. The standard InChI is InChI=1S/C14H18N4O2/c1-10(15)6-12-7-16-17(8-12)9-13-4-3-5-14(11(13)2)18(19)20/h3-5,7-8,10H,6,9,15H2,1-2H3. The molecule has 0 bridgehead atoms. The molecule has 0 aliphatic heterocycles. The van der Waals surface area contributed by atoms with Crippen LogP contribution in [0.5, 0.6) is 0 Å². The lowest BCUT2D eigenvalue weighted by molar-refractivity contribution is -0.385. The van der Waals surface area contributed by atoms with Gasteiger partial charge in [0.1, 0.15) is 0 Å². The molecule has 0 aliphatic carbocycles. The molecule has 0 saturated carbocycles. The minimum Gasteiger partial charge on any atom is -0.328 e. The maximum atomic E-state index is 10.9. The largest absolute Gasteiger partial charge is 0.328 e. The zero-order valence-corrected chi connectivity index (χ0v) is 11.6. The van der Waals surface area contributed by atoms with Crippen molar-refractivity contribution in [3.63, 3.8) is 0 Å². The molecule has 1 heterocycles. The Labute approximate surface area is 117 Å². The molecule has 0 spiro atoms. The van der Waals surface area contributed by atoms with Crippen molar-refractivity contribution in [1.29, 1.82) is 0 Å². The van der Waals surface area contributed by atoms with E-state index in [2.05, 4.69) is 5.10 Å². The molecule has 20 heavy (non-hydrogen) atoms. The average Bonchev–Trinajstić information content (AvgIpc) is 2.78. The van der Waals surface area contributed by atoms with Gasteiger partial charge in [0.15, 0.2) is 0 Å². The molecule has 0 aliphatic rings. The molecule has 2 N–H and O–H groups in total. The van der Waals surface area contributed by atoms with Gasteiger partial charge in [-0.15, -0.1) is 0 Å². The average molecular weight is 274 g/mol. The van der Waals surface area contributed by atoms with Gasteiger partial charge in [-0.3, -0.25) is 14.8 Å². The van der Waals surface area contributed by atoms with Crippen LogP contribution in [0.15, 0.2) is 30.6 Å². The number of rotatable bonds is 5. The molecule has 0 radical (unpaired) electrons. The number of benzene rings is 1. The molecule has 2 aromatic rings. The summed E-state index contributed by atoms with van der Waals surface area (Å²) in [5.41, 5.74) is 8.55. The van der Waals surface area contributed by atoms with Crippen LogP contribution in [-0.4, -0.2) is 20.7 Å². The van der Waals surface area contributed by atoms with Crippen LogP contribution in [0, 0.1) is 17.0 Å². The summed E-state index contributed by atoms with van der Waals surface area (Å²) >= 11 is 0. The van der Waals surface area contributed by atoms with Crippen molar-refractivity contribution in [2.24, 2.45) is 5.73 Å². The van der Waals surface area contributed by atoms with Crippen molar-refractivity contribution >= 4 is 5.69 Å². The topological polar surface area (TPSA) is 87.0 Å². The van der Waals surface area contributed by atoms with Gasteiger partial charge in [-0.05, 0) is 31.4 Å². The van der Waals surface area contributed by atoms with Crippen LogP contribution in [0.25, 0.3) is 0 Å². The van der Waals surface area contributed by atoms with Crippen LogP contribution >= 0.6 is 0 Å². The van der Waals surface area contributed by atoms with Crippen LogP contribution in [0.1, 0.15) is 23.6 Å². The Morgan fingerprint density at radius 3 is 2.90 bits per heavy atom. The fraction of sp³-hybridized carbons (Fsp3) is 0.357. The first-order valence-electron chi connectivity index (χ1n) is 6.47. The first-order chi connectivity index (χ1) is 9.47. The van der Waals surface area contributed by atoms with E-state index in [4.69, 9.17) is 5.73 Å². The Morgan fingerprint density at radius 1 is 1.50 bits per heavy atom. The Hall–Kier alpha value is -2.21. The van der Waals surface area contributed by atoms with Gasteiger partial charge in [0.2, 0.25) is 0 Å². The molecular formula is C14H18N4O2. The quantitative estimate of drug-likeness (QED) is 0.667. The van der Waals surface area contributed by atoms with E-state index in [1.807, 2.05) is 19.2 Å². The molecule has 2 rings (SSSR count). The lowest BCUT2D eigenvalue weighted by atomic mass is 10.1. The highest BCUT2D eigenvalue weighted by Gasteiger charge is 2.13. The van der Waals surface area contributed by atoms with Gasteiger partial charge in [-0.1, -0.05) is 12.1 Å². The van der Waals surface area contributed by atoms with E-state index in [9.17, 15) is 10.1 Å². The molecule has 1 atom stereocenters. The van der Waals surface area contributed by atoms with Gasteiger partial charge in [-0.25, -0.2) is 0 Å². The number of nitrogens with zero attached hydrogens (tertiary/aromatic N) is 3. The van der Waals surface area contributed by atoms with Gasteiger partial charge < -0.3 is 5.73 Å². The smallest absolute Gasteiger partial charge is 0.272 e. The lowest BCUT2D eigenvalue weighted by Gasteiger charge is -2.06. The molecule has 6 nitrogen and oxygen atoms in total. The van der Waals surface area contributed by atoms with Gasteiger partial charge >= 0.3 is 0 Å². The van der Waals surface area contributed by atoms with E-state index < -0.39 is 0 Å². The summed E-state index contributed by atoms with van der Waals surface area (Å²) in [6.45, 7) is 4.23. The molecular weight excluding hydrogens is 256 g/mol. The Bertz CT molecular complexity index is 619. The molecule has 1 unspecified atom stereocenters. The summed E-state index contributed by atoms with van der Waals surface area (Å²) in [6.07, 6.45) is 4.49. The van der Waals surface area contributed by atoms with E-state index in [-0.39, 0.29) is 16.7 Å². The van der Waals surface area contributed by atoms with Crippen molar-refractivity contribution in [2.45, 2.75) is 32.9 Å². The minimum atomic E-state index is -0.358. The Morgan fingerprint density at radius 2 is 2.25 bits per heavy atom. The molecule has 0 fully saturated rings. The highest BCUT2D eigenvalue weighted by atomic mass is 16.6. The maximum Gasteiger partial charge on any atom is 0.272 e. The maximum absolute atomic E-state index is 10.9. The van der Waals surface area contributed by atoms with E-state index in [1.54, 1.807) is 23.9 Å². The van der Waals surface area contributed by atoms with Gasteiger partial charge in [0, 0.05) is 23.9 Å². The third-order valence-electron chi connectivity index (χ3n) is 3.19. The fourth-order valence-electron chi connectivity index (χ4n) is 2.18. The normalized spacial score (nSPS) is 12.3. The molecule has 0 saturated heterocycles. The molecule has 0 amide bonds. The lowest BCUT2D eigenvalue weighted by Crippen LogP contribution is -2.17. The highest BCUT2D eigenvalue weighted by Crippen LogP contribution is 2.21. The second-order valence-corrected chi connectivity index (χ2v) is 5.05. The van der Waals surface area contributed by atoms with Gasteiger partial charge in [-0.2, -0.15) is 5.10 Å². The second-order valence-electron chi connectivity index (χ2n) is 5.05. The summed E-state index contributed by atoms with van der Waals surface area (Å²) in [5, 5.41) is 15.2. The third kappa shape index (κ3) is 3.21. The summed E-state index contributed by atoms with van der Waals surface area (Å²) in [6, 6.07) is 5.19. The van der Waals surface area contributed by atoms with Gasteiger partial charge in [0.05, 0.1) is 17.7 Å². The Balaban J connectivity index is 2.20. The fourth-order valence-corrected chi connectivity index (χ4v) is 2.18. The van der Waals surface area contributed by atoms with E-state index >= 15 is 0 Å². The van der Waals surface area contributed by atoms with Crippen molar-refractivity contribution in [2.75, 3.05) is 0 Å². The summed E-state index contributed by atoms with van der Waals surface area (Å²) in [7, 11) is 0. The van der Waals surface area contributed by atoms with Crippen molar-refractivity contribution in [3.8, 4) is 0 Å². The summed E-state index contributed by atoms with van der Waals surface area (Å²) < 4.78 is 1.78. The zero-order chi connectivity index (χ0) is 14.7. The van der Waals surface area contributed by atoms with Crippen LogP contribution in [0.2, 0.25) is 0 Å². The number of nitrogens with two attached hydrogens (primary N) is 1. The van der Waals surface area contributed by atoms with Crippen LogP contribution in [0.4, 0.5) is 5.69 Å². The number of aromatic nitrogens is 2. The van der Waals surface area contributed by atoms with Crippen LogP contribution < -0.4 is 5.73 Å². The highest BCUT2D eigenvalue weighted by molar-refractivity contribution is 5.44. The molecule has 106 valence electrons. The molecule has 6 heteroatoms. The summed E-state index contributed by atoms with van der Waals surface area (Å²) in [4.78, 5) is 10.6. The zero-order valence-electron chi connectivity index (χ0n) is 11.6. The van der Waals surface area contributed by atoms with E-state index in [0.717, 1.165) is 17.5 Å². The molecule has 1 aromatic carbocycles. The van der Waals surface area contributed by atoms with Crippen LogP contribution in [0.3, 0.4) is 0 Å². The van der Waals surface area contributed by atoms with E-state index in [0.29, 0.717) is 12.1 Å². The van der Waals surface area contributed by atoms with E-state index in [1.165, 1.54) is 6.07 Å². The first-order valence-corrected chi connectivity index (χ1v) is 6.47. The predicted molar refractivity (Wildman–Crippen MR) is 76.5 cm³/mol. The summed E-state index contributed by atoms with van der Waals surface area (Å²) in [5.74, 6) is 0. The van der Waals surface area contributed by atoms with Gasteiger partial charge in [0.25, 0.3) is 5.69 Å². The second kappa shape index (κ2) is 5.83. The number of hydrogen-bond acceptors (Lipinski definition) is 4. The van der Waals surface area contributed by atoms with Crippen molar-refractivity contribution < 1.29 is 4.92 Å². The SMILES string of the molecule is Cc1c(Cn2cc(CC(C)N)cn2)cccc1[N+](=O)[O-]. The number of nitro benzene ring substituents is 1. The monoisotopic (exact) mass is 274 g/mol. The minimum absolute atomic E-state index is 0.0900. The third-order valence-corrected chi connectivity index (χ3v) is 3.19. The van der Waals surface area contributed by atoms with Crippen molar-refractivity contribution in [1.82, 2.24) is 9.78 Å². The Kier molecular flexibility index (Phi) is 4.14. The van der Waals surface area contributed by atoms with Crippen molar-refractivity contribution in [3.05, 3.63) is 57.4 Å².